The molecule has 0 aromatic heterocycles. The topological polar surface area (TPSA) is 72.6 Å². The quantitative estimate of drug-likeness (QED) is 0.572. The van der Waals surface area contributed by atoms with Crippen molar-refractivity contribution in [2.45, 2.75) is 6.92 Å². The summed E-state index contributed by atoms with van der Waals surface area (Å²) in [5, 5.41) is 0. The van der Waals surface area contributed by atoms with Crippen LogP contribution in [0.25, 0.3) is 0 Å². The summed E-state index contributed by atoms with van der Waals surface area (Å²) in [7, 11) is 1.58. The van der Waals surface area contributed by atoms with Gasteiger partial charge in [-0.25, -0.2) is 4.79 Å². The van der Waals surface area contributed by atoms with Crippen molar-refractivity contribution in [1.82, 2.24) is 4.90 Å². The molecule has 1 aliphatic heterocycles. The lowest BCUT2D eigenvalue weighted by Crippen LogP contribution is -2.24. The lowest BCUT2D eigenvalue weighted by Gasteiger charge is -2.06. The number of hydrogen-bond donors (Lipinski definition) is 1. The zero-order valence-electron chi connectivity index (χ0n) is 7.66. The first-order valence-electron chi connectivity index (χ1n) is 3.99. The van der Waals surface area contributed by atoms with Gasteiger partial charge in [0.25, 0.3) is 5.91 Å². The Morgan fingerprint density at radius 3 is 2.69 bits per heavy atom. The van der Waals surface area contributed by atoms with Crippen LogP contribution in [0.2, 0.25) is 0 Å². The summed E-state index contributed by atoms with van der Waals surface area (Å²) in [6, 6.07) is 0. The summed E-state index contributed by atoms with van der Waals surface area (Å²) in [6.07, 6.45) is 0. The van der Waals surface area contributed by atoms with Gasteiger partial charge in [0.1, 0.15) is 5.70 Å². The fourth-order valence-corrected chi connectivity index (χ4v) is 1.12. The fraction of sp³-hybridized carbons (Fsp3) is 0.500. The van der Waals surface area contributed by atoms with Crippen molar-refractivity contribution in [3.8, 4) is 0 Å². The number of rotatable bonds is 2. The predicted molar refractivity (Wildman–Crippen MR) is 45.5 cm³/mol. The molecule has 2 N–H and O–H groups in total. The smallest absolute Gasteiger partial charge is 0.338 e. The van der Waals surface area contributed by atoms with Crippen molar-refractivity contribution < 1.29 is 14.3 Å². The largest absolute Gasteiger partial charge is 0.463 e. The minimum Gasteiger partial charge on any atom is -0.463 e. The van der Waals surface area contributed by atoms with Gasteiger partial charge in [0.2, 0.25) is 0 Å². The van der Waals surface area contributed by atoms with Crippen LogP contribution in [-0.2, 0) is 14.3 Å². The molecule has 0 aromatic rings. The first kappa shape index (κ1) is 9.57. The van der Waals surface area contributed by atoms with E-state index in [1.165, 1.54) is 4.90 Å². The number of amides is 1. The minimum absolute atomic E-state index is 0.000880. The van der Waals surface area contributed by atoms with Crippen molar-refractivity contribution in [2.75, 3.05) is 20.2 Å². The average molecular weight is 184 g/mol. The molecule has 1 amide bonds. The van der Waals surface area contributed by atoms with Gasteiger partial charge >= 0.3 is 5.97 Å². The van der Waals surface area contributed by atoms with E-state index < -0.39 is 5.97 Å². The Kier molecular flexibility index (Phi) is 2.55. The van der Waals surface area contributed by atoms with Crippen LogP contribution in [0.4, 0.5) is 0 Å². The molecule has 0 aromatic carbocycles. The van der Waals surface area contributed by atoms with Gasteiger partial charge < -0.3 is 15.4 Å². The molecule has 1 rings (SSSR count). The van der Waals surface area contributed by atoms with Crippen LogP contribution in [0.3, 0.4) is 0 Å². The van der Waals surface area contributed by atoms with Crippen LogP contribution >= 0.6 is 0 Å². The van der Waals surface area contributed by atoms with Gasteiger partial charge in [-0.3, -0.25) is 4.79 Å². The summed E-state index contributed by atoms with van der Waals surface area (Å²) >= 11 is 0. The molecule has 13 heavy (non-hydrogen) atoms. The van der Waals surface area contributed by atoms with Gasteiger partial charge in [-0.1, -0.05) is 0 Å². The highest BCUT2D eigenvalue weighted by atomic mass is 16.5. The zero-order chi connectivity index (χ0) is 10.0. The maximum Gasteiger partial charge on any atom is 0.338 e. The third-order valence-electron chi connectivity index (χ3n) is 1.82. The number of carbonyl (C=O) groups is 2. The predicted octanol–water partition coefficient (Wildman–Crippen LogP) is -0.766. The molecule has 0 radical (unpaired) electrons. The Bertz CT molecular complexity index is 283. The third-order valence-corrected chi connectivity index (χ3v) is 1.82. The number of esters is 1. The molecule has 1 aliphatic rings. The van der Waals surface area contributed by atoms with E-state index in [9.17, 15) is 9.59 Å². The Morgan fingerprint density at radius 2 is 2.31 bits per heavy atom. The molecule has 0 unspecified atom stereocenters. The molecule has 5 heteroatoms. The lowest BCUT2D eigenvalue weighted by molar-refractivity contribution is -0.138. The van der Waals surface area contributed by atoms with Gasteiger partial charge in [0.05, 0.1) is 18.7 Å². The second-order valence-corrected chi connectivity index (χ2v) is 2.77. The monoisotopic (exact) mass is 184 g/mol. The van der Waals surface area contributed by atoms with E-state index in [0.717, 1.165) is 0 Å². The van der Waals surface area contributed by atoms with Gasteiger partial charge in [0, 0.05) is 7.05 Å². The summed E-state index contributed by atoms with van der Waals surface area (Å²) < 4.78 is 4.74. The lowest BCUT2D eigenvalue weighted by atomic mass is 10.2. The highest BCUT2D eigenvalue weighted by Crippen LogP contribution is 2.14. The zero-order valence-corrected chi connectivity index (χ0v) is 7.66. The van der Waals surface area contributed by atoms with Crippen LogP contribution < -0.4 is 5.73 Å². The van der Waals surface area contributed by atoms with Crippen molar-refractivity contribution in [3.05, 3.63) is 11.3 Å². The number of ether oxygens (including phenoxy) is 1. The number of carbonyl (C=O) groups excluding carboxylic acids is 2. The number of nitrogens with two attached hydrogens (primary N) is 1. The second-order valence-electron chi connectivity index (χ2n) is 2.77. The summed E-state index contributed by atoms with van der Waals surface area (Å²) in [5.41, 5.74) is 5.69. The minimum atomic E-state index is -0.502. The van der Waals surface area contributed by atoms with Crippen LogP contribution in [-0.4, -0.2) is 37.0 Å². The van der Waals surface area contributed by atoms with Crippen molar-refractivity contribution in [2.24, 2.45) is 5.73 Å². The van der Waals surface area contributed by atoms with E-state index in [0.29, 0.717) is 0 Å². The summed E-state index contributed by atoms with van der Waals surface area (Å²) in [4.78, 5) is 23.7. The van der Waals surface area contributed by atoms with Crippen LogP contribution in [0.15, 0.2) is 11.3 Å². The number of likely N-dealkylation sites (N-methyl/N-ethyl adjacent to an activating group) is 1. The van der Waals surface area contributed by atoms with Crippen molar-refractivity contribution in [1.29, 1.82) is 0 Å². The van der Waals surface area contributed by atoms with Crippen LogP contribution in [0.5, 0.6) is 0 Å². The molecule has 5 nitrogen and oxygen atoms in total. The molecule has 0 saturated carbocycles. The van der Waals surface area contributed by atoms with Gasteiger partial charge in [-0.05, 0) is 6.92 Å². The molecule has 1 heterocycles. The average Bonchev–Trinajstić information content (AvgIpc) is 2.33. The van der Waals surface area contributed by atoms with Gasteiger partial charge in [-0.15, -0.1) is 0 Å². The van der Waals surface area contributed by atoms with E-state index in [-0.39, 0.29) is 30.3 Å². The Labute approximate surface area is 76.1 Å². The SMILES string of the molecule is CCOC(=O)C1=C(N)C(=O)N(C)C1. The molecule has 0 saturated heterocycles. The first-order chi connectivity index (χ1) is 6.07. The molecule has 0 fully saturated rings. The molecule has 0 bridgehead atoms. The third kappa shape index (κ3) is 1.63. The normalized spacial score (nSPS) is 16.8. The molecule has 0 atom stereocenters. The fourth-order valence-electron chi connectivity index (χ4n) is 1.12. The molecule has 72 valence electrons. The molecular weight excluding hydrogens is 172 g/mol. The van der Waals surface area contributed by atoms with Crippen LogP contribution in [0.1, 0.15) is 6.92 Å². The summed E-state index contributed by atoms with van der Waals surface area (Å²) in [5.74, 6) is -0.819. The molecule has 0 spiro atoms. The maximum absolute atomic E-state index is 11.2. The molecular formula is C8H12N2O3. The molecule has 0 aliphatic carbocycles. The first-order valence-corrected chi connectivity index (χ1v) is 3.99. The Hall–Kier alpha value is -1.52. The van der Waals surface area contributed by atoms with E-state index in [2.05, 4.69) is 0 Å². The van der Waals surface area contributed by atoms with Gasteiger partial charge in [-0.2, -0.15) is 0 Å². The Morgan fingerprint density at radius 1 is 1.69 bits per heavy atom. The highest BCUT2D eigenvalue weighted by Gasteiger charge is 2.30. The Balaban J connectivity index is 2.81. The standard InChI is InChI=1S/C8H12N2O3/c1-3-13-8(12)5-4-10(2)7(11)6(5)9/h3-4,9H2,1-2H3. The summed E-state index contributed by atoms with van der Waals surface area (Å²) in [6.45, 7) is 2.23. The van der Waals surface area contributed by atoms with E-state index in [4.69, 9.17) is 10.5 Å². The van der Waals surface area contributed by atoms with Gasteiger partial charge in [0.15, 0.2) is 0 Å². The van der Waals surface area contributed by atoms with Crippen molar-refractivity contribution in [3.63, 3.8) is 0 Å². The maximum atomic E-state index is 11.2. The van der Waals surface area contributed by atoms with E-state index >= 15 is 0 Å². The van der Waals surface area contributed by atoms with Crippen molar-refractivity contribution >= 4 is 11.9 Å². The van der Waals surface area contributed by atoms with Crippen LogP contribution in [0, 0.1) is 0 Å². The highest BCUT2D eigenvalue weighted by molar-refractivity contribution is 6.05. The van der Waals surface area contributed by atoms with E-state index in [1.807, 2.05) is 0 Å². The second kappa shape index (κ2) is 3.47. The number of hydrogen-bond acceptors (Lipinski definition) is 4. The van der Waals surface area contributed by atoms with E-state index in [1.54, 1.807) is 14.0 Å². The number of nitrogens with zero attached hydrogens (tertiary/aromatic N) is 1.